The number of hydrogen-bond donors (Lipinski definition) is 18. The number of carboxylic acid groups (broad SMARTS) is 1. The van der Waals surface area contributed by atoms with Crippen molar-refractivity contribution in [3.8, 4) is 0 Å². The normalized spacial score (nSPS) is 18.5. The van der Waals surface area contributed by atoms with Crippen LogP contribution in [0.3, 0.4) is 0 Å². The van der Waals surface area contributed by atoms with Crippen molar-refractivity contribution in [1.29, 1.82) is 0 Å². The van der Waals surface area contributed by atoms with E-state index in [4.69, 9.17) is 22.9 Å². The number of nitrogens with two attached hydrogens (primary N) is 4. The van der Waals surface area contributed by atoms with Gasteiger partial charge in [-0.2, -0.15) is 0 Å². The molecule has 0 aromatic heterocycles. The van der Waals surface area contributed by atoms with Gasteiger partial charge in [0.15, 0.2) is 6.04 Å². The molecule has 0 aliphatic carbocycles. The van der Waals surface area contributed by atoms with Crippen molar-refractivity contribution >= 4 is 82.8 Å². The highest BCUT2D eigenvalue weighted by molar-refractivity contribution is 6.01. The summed E-state index contributed by atoms with van der Waals surface area (Å²) < 4.78 is 0. The highest BCUT2D eigenvalue weighted by atomic mass is 16.4. The Hall–Kier alpha value is -8.44. The van der Waals surface area contributed by atoms with E-state index in [9.17, 15) is 87.5 Å². The number of nitrogens with one attached hydrogen (secondary N) is 10. The van der Waals surface area contributed by atoms with E-state index in [1.165, 1.54) is 9.80 Å². The zero-order valence-electron chi connectivity index (χ0n) is 61.2. The van der Waals surface area contributed by atoms with Gasteiger partial charge in [0.1, 0.15) is 66.5 Å². The number of carbonyl (C=O) groups is 14. The second kappa shape index (κ2) is 44.3. The zero-order valence-corrected chi connectivity index (χ0v) is 61.2. The summed E-state index contributed by atoms with van der Waals surface area (Å²) in [6.07, 6.45) is -1.04. The van der Waals surface area contributed by atoms with E-state index in [0.717, 1.165) is 13.8 Å². The van der Waals surface area contributed by atoms with Crippen molar-refractivity contribution in [2.45, 2.75) is 256 Å². The number of primary amides is 1. The molecule has 1 aromatic carbocycles. The van der Waals surface area contributed by atoms with E-state index in [2.05, 4.69) is 53.2 Å². The third kappa shape index (κ3) is 28.6. The Morgan fingerprint density at radius 3 is 1.41 bits per heavy atom. The highest BCUT2D eigenvalue weighted by Gasteiger charge is 2.44. The van der Waals surface area contributed by atoms with Gasteiger partial charge >= 0.3 is 5.97 Å². The fraction of sp³-hybridized carbons (Fsp3) is 0.710. The van der Waals surface area contributed by atoms with Crippen LogP contribution in [0.25, 0.3) is 0 Å². The SMILES string of the molecule is CC[C@H](C)[C@H](NC(=O)[C@H](CCCCN)NC(=O)[C@@H]1CCCN1C(=O)[C@H](CC(C)C)NC(=O)[C@@H]1CCCN1C(=O)[C@@H](NC(=O)[C@@H](N)CC(C)C)C(C)C)C(=O)N[C@@H](CCCCN)C(=O)N[C@@H](CC(N)=O)C(=O)N[C@@H](CO)C(=O)N[C@H](C(=O)N[C@@H](Cc1ccccc1)C(=O)N[C@H](C(=O)O)[C@@H](C)O)[C@@H](C)O. The molecule has 2 heterocycles. The molecular weight excluding hydrogens is 1340 g/mol. The zero-order chi connectivity index (χ0) is 77.5. The number of aliphatic hydroxyl groups excluding tert-OH is 3. The van der Waals surface area contributed by atoms with Gasteiger partial charge in [0.2, 0.25) is 76.8 Å². The molecule has 34 heteroatoms. The monoisotopic (exact) mass is 1460 g/mol. The molecule has 103 heavy (non-hydrogen) atoms. The molecule has 2 aliphatic heterocycles. The predicted molar refractivity (Wildman–Crippen MR) is 378 cm³/mol. The van der Waals surface area contributed by atoms with E-state index < -0.39 is 192 Å². The molecule has 3 rings (SSSR count). The minimum absolute atomic E-state index is 0.0293. The number of nitrogens with zero attached hydrogens (tertiary/aromatic N) is 2. The molecular formula is C69H116N16O18. The molecule has 0 spiro atoms. The van der Waals surface area contributed by atoms with Gasteiger partial charge in [-0.25, -0.2) is 4.79 Å². The molecule has 2 saturated heterocycles. The van der Waals surface area contributed by atoms with Gasteiger partial charge in [-0.3, -0.25) is 62.3 Å². The third-order valence-electron chi connectivity index (χ3n) is 18.1. The van der Waals surface area contributed by atoms with E-state index in [1.807, 2.05) is 27.7 Å². The number of amides is 13. The molecule has 22 N–H and O–H groups in total. The molecule has 13 amide bonds. The average molecular weight is 1460 g/mol. The van der Waals surface area contributed by atoms with Crippen molar-refractivity contribution in [2.75, 3.05) is 32.8 Å². The van der Waals surface area contributed by atoms with E-state index >= 15 is 0 Å². The Labute approximate surface area is 602 Å². The first-order valence-electron chi connectivity index (χ1n) is 35.8. The largest absolute Gasteiger partial charge is 0.480 e. The number of aliphatic hydroxyl groups is 3. The van der Waals surface area contributed by atoms with Gasteiger partial charge in [0, 0.05) is 19.5 Å². The van der Waals surface area contributed by atoms with Crippen LogP contribution in [0, 0.1) is 23.7 Å². The second-order valence-electron chi connectivity index (χ2n) is 28.1. The van der Waals surface area contributed by atoms with E-state index in [1.54, 1.807) is 58.0 Å². The third-order valence-corrected chi connectivity index (χ3v) is 18.1. The summed E-state index contributed by atoms with van der Waals surface area (Å²) in [4.78, 5) is 197. The van der Waals surface area contributed by atoms with Crippen molar-refractivity contribution in [3.05, 3.63) is 35.9 Å². The van der Waals surface area contributed by atoms with Crippen LogP contribution in [0.5, 0.6) is 0 Å². The molecule has 2 fully saturated rings. The summed E-state index contributed by atoms with van der Waals surface area (Å²) in [5.41, 5.74) is 23.8. The van der Waals surface area contributed by atoms with Crippen LogP contribution in [-0.2, 0) is 73.5 Å². The lowest BCUT2D eigenvalue weighted by atomic mass is 9.96. The van der Waals surface area contributed by atoms with Crippen LogP contribution in [-0.4, -0.2) is 237 Å². The minimum Gasteiger partial charge on any atom is -0.480 e. The second-order valence-corrected chi connectivity index (χ2v) is 28.1. The number of carboxylic acids is 1. The Balaban J connectivity index is 1.86. The van der Waals surface area contributed by atoms with E-state index in [-0.39, 0.29) is 88.9 Å². The maximum absolute atomic E-state index is 14.7. The maximum Gasteiger partial charge on any atom is 0.328 e. The van der Waals surface area contributed by atoms with Crippen molar-refractivity contribution in [3.63, 3.8) is 0 Å². The summed E-state index contributed by atoms with van der Waals surface area (Å²) in [7, 11) is 0. The molecule has 2 aliphatic rings. The molecule has 16 atom stereocenters. The lowest BCUT2D eigenvalue weighted by Gasteiger charge is -2.33. The summed E-state index contributed by atoms with van der Waals surface area (Å²) >= 11 is 0. The van der Waals surface area contributed by atoms with Crippen LogP contribution in [0.1, 0.15) is 165 Å². The number of likely N-dealkylation sites (tertiary alicyclic amines) is 2. The first-order chi connectivity index (χ1) is 48.5. The first kappa shape index (κ1) is 88.8. The van der Waals surface area contributed by atoms with Crippen molar-refractivity contribution in [1.82, 2.24) is 63.0 Å². The molecule has 0 radical (unpaired) electrons. The van der Waals surface area contributed by atoms with Gasteiger partial charge in [0.25, 0.3) is 0 Å². The number of hydrogen-bond acceptors (Lipinski definition) is 20. The van der Waals surface area contributed by atoms with Crippen LogP contribution in [0.15, 0.2) is 30.3 Å². The number of unbranched alkanes of at least 4 members (excludes halogenated alkanes) is 2. The van der Waals surface area contributed by atoms with E-state index in [0.29, 0.717) is 50.5 Å². The van der Waals surface area contributed by atoms with Crippen molar-refractivity contribution in [2.24, 2.45) is 46.6 Å². The predicted octanol–water partition coefficient (Wildman–Crippen LogP) is -3.85. The molecule has 0 saturated carbocycles. The van der Waals surface area contributed by atoms with Gasteiger partial charge in [0.05, 0.1) is 31.3 Å². The topological polar surface area (TPSA) is 551 Å². The first-order valence-corrected chi connectivity index (χ1v) is 35.8. The molecule has 580 valence electrons. The van der Waals surface area contributed by atoms with Gasteiger partial charge < -0.3 is 106 Å². The quantitative estimate of drug-likeness (QED) is 0.0278. The standard InChI is InChI=1S/C69H116N16O18/c1-11-39(8)54(81-59(92)45(24-16-18-28-71)74-63(96)50-25-19-29-84(50)67(100)48(32-37(4)5)78-64(97)51-26-20-30-85(51)68(101)53(38(6)7)80-57(90)43(72)31-36(2)3)65(98)75-44(23-15-17-27-70)58(91)76-47(34-52(73)89)60(93)79-49(35-86)62(95)82-55(40(9)87)66(99)77-46(33-42-21-13-12-14-22-42)61(94)83-56(41(10)88)69(102)103/h12-14,21-22,36-41,43-51,53-56,86-88H,11,15-20,23-35,70-72H2,1-10H3,(H2,73,89)(H,74,96)(H,75,98)(H,76,91)(H,77,99)(H,78,97)(H,79,93)(H,80,90)(H,81,92)(H,82,95)(H,83,94)(H,102,103)/t39-,40+,41+,43-,44-,45-,46-,47-,48-,49-,50-,51-,53-,54-,55-,56-/m0/s1. The Morgan fingerprint density at radius 1 is 0.495 bits per heavy atom. The summed E-state index contributed by atoms with van der Waals surface area (Å²) in [6, 6.07) is -10.3. The van der Waals surface area contributed by atoms with Crippen LogP contribution >= 0.6 is 0 Å². The van der Waals surface area contributed by atoms with Gasteiger partial charge in [-0.15, -0.1) is 0 Å². The number of benzene rings is 1. The fourth-order valence-corrected chi connectivity index (χ4v) is 12.1. The lowest BCUT2D eigenvalue weighted by Crippen LogP contribution is -2.63. The number of aliphatic carboxylic acids is 1. The average Bonchev–Trinajstić information content (AvgIpc) is 1.73. The van der Waals surface area contributed by atoms with Crippen molar-refractivity contribution < 1.29 is 87.5 Å². The van der Waals surface area contributed by atoms with Crippen LogP contribution in [0.4, 0.5) is 0 Å². The Kier molecular flexibility index (Phi) is 38.2. The van der Waals surface area contributed by atoms with Crippen LogP contribution < -0.4 is 76.1 Å². The lowest BCUT2D eigenvalue weighted by molar-refractivity contribution is -0.145. The van der Waals surface area contributed by atoms with Crippen LogP contribution in [0.2, 0.25) is 0 Å². The summed E-state index contributed by atoms with van der Waals surface area (Å²) in [5, 5.41) is 66.0. The minimum atomic E-state index is -1.97. The van der Waals surface area contributed by atoms with Gasteiger partial charge in [-0.1, -0.05) is 92.1 Å². The molecule has 1 aromatic rings. The highest BCUT2D eigenvalue weighted by Crippen LogP contribution is 2.25. The molecule has 0 unspecified atom stereocenters. The molecule has 34 nitrogen and oxygen atoms in total. The fourth-order valence-electron chi connectivity index (χ4n) is 12.1. The Morgan fingerprint density at radius 2 is 0.922 bits per heavy atom. The summed E-state index contributed by atoms with van der Waals surface area (Å²) in [6.45, 7) is 16.3. The summed E-state index contributed by atoms with van der Waals surface area (Å²) in [5.74, 6) is -14.1. The number of carbonyl (C=O) groups excluding carboxylic acids is 13. The smallest absolute Gasteiger partial charge is 0.328 e. The number of rotatable bonds is 45. The van der Waals surface area contributed by atoms with Gasteiger partial charge in [-0.05, 0) is 133 Å². The maximum atomic E-state index is 14.7. The molecule has 0 bridgehead atoms. The Bertz CT molecular complexity index is 3010.